The van der Waals surface area contributed by atoms with Gasteiger partial charge in [-0.25, -0.2) is 14.5 Å². The number of rotatable bonds is 7. The number of aryl methyl sites for hydroxylation is 1. The SMILES string of the molecule is CCOC(=O)c1c(C)[nH]c(C(=O)NCc2ccc(Cn3cncn3)cc2)c1C. The molecule has 2 heterocycles. The van der Waals surface area contributed by atoms with Gasteiger partial charge in [0.05, 0.1) is 18.7 Å². The summed E-state index contributed by atoms with van der Waals surface area (Å²) in [6.07, 6.45) is 3.17. The zero-order valence-electron chi connectivity index (χ0n) is 16.2. The summed E-state index contributed by atoms with van der Waals surface area (Å²) in [4.78, 5) is 31.5. The summed E-state index contributed by atoms with van der Waals surface area (Å²) in [7, 11) is 0. The Bertz CT molecular complexity index is 959. The van der Waals surface area contributed by atoms with E-state index >= 15 is 0 Å². The number of carbonyl (C=O) groups excluding carboxylic acids is 2. The predicted octanol–water partition coefficient (Wildman–Crippen LogP) is 2.38. The molecule has 0 atom stereocenters. The summed E-state index contributed by atoms with van der Waals surface area (Å²) in [6.45, 7) is 6.56. The van der Waals surface area contributed by atoms with E-state index in [1.807, 2.05) is 24.3 Å². The van der Waals surface area contributed by atoms with Crippen LogP contribution in [0.15, 0.2) is 36.9 Å². The maximum absolute atomic E-state index is 12.6. The molecular formula is C20H23N5O3. The third-order valence-corrected chi connectivity index (χ3v) is 4.43. The Morgan fingerprint density at radius 1 is 1.18 bits per heavy atom. The number of ether oxygens (including phenoxy) is 1. The molecule has 1 aromatic carbocycles. The number of carbonyl (C=O) groups is 2. The van der Waals surface area contributed by atoms with Crippen LogP contribution in [0.25, 0.3) is 0 Å². The smallest absolute Gasteiger partial charge is 0.340 e. The lowest BCUT2D eigenvalue weighted by molar-refractivity contribution is 0.0525. The zero-order valence-corrected chi connectivity index (χ0v) is 16.2. The molecule has 3 aromatic rings. The van der Waals surface area contributed by atoms with Crippen molar-refractivity contribution in [1.29, 1.82) is 0 Å². The van der Waals surface area contributed by atoms with Gasteiger partial charge in [0.1, 0.15) is 18.3 Å². The Balaban J connectivity index is 1.62. The first kappa shape index (κ1) is 19.3. The van der Waals surface area contributed by atoms with Crippen LogP contribution in [-0.4, -0.2) is 38.2 Å². The average Bonchev–Trinajstić information content (AvgIpc) is 3.28. The first-order valence-electron chi connectivity index (χ1n) is 9.04. The molecule has 146 valence electrons. The van der Waals surface area contributed by atoms with E-state index in [0.29, 0.717) is 35.6 Å². The summed E-state index contributed by atoms with van der Waals surface area (Å²) in [6, 6.07) is 7.91. The molecule has 0 unspecified atom stereocenters. The van der Waals surface area contributed by atoms with Gasteiger partial charge in [0.25, 0.3) is 5.91 Å². The van der Waals surface area contributed by atoms with E-state index in [2.05, 4.69) is 20.4 Å². The molecule has 0 aliphatic heterocycles. The van der Waals surface area contributed by atoms with E-state index < -0.39 is 5.97 Å². The van der Waals surface area contributed by atoms with E-state index in [-0.39, 0.29) is 12.5 Å². The van der Waals surface area contributed by atoms with Crippen LogP contribution in [0.1, 0.15) is 50.2 Å². The van der Waals surface area contributed by atoms with Gasteiger partial charge in [-0.1, -0.05) is 24.3 Å². The monoisotopic (exact) mass is 381 g/mol. The highest BCUT2D eigenvalue weighted by Gasteiger charge is 2.22. The van der Waals surface area contributed by atoms with Crippen LogP contribution in [0.2, 0.25) is 0 Å². The second kappa shape index (κ2) is 8.51. The lowest BCUT2D eigenvalue weighted by Crippen LogP contribution is -2.24. The second-order valence-electron chi connectivity index (χ2n) is 6.44. The first-order chi connectivity index (χ1) is 13.5. The van der Waals surface area contributed by atoms with Crippen molar-refractivity contribution in [2.24, 2.45) is 0 Å². The van der Waals surface area contributed by atoms with Crippen molar-refractivity contribution in [2.75, 3.05) is 6.61 Å². The highest BCUT2D eigenvalue weighted by molar-refractivity contribution is 6.00. The third-order valence-electron chi connectivity index (χ3n) is 4.43. The molecule has 1 amide bonds. The fourth-order valence-corrected chi connectivity index (χ4v) is 3.02. The maximum Gasteiger partial charge on any atom is 0.340 e. The van der Waals surface area contributed by atoms with Gasteiger partial charge < -0.3 is 15.0 Å². The van der Waals surface area contributed by atoms with Gasteiger partial charge in [0.2, 0.25) is 0 Å². The number of hydrogen-bond donors (Lipinski definition) is 2. The molecule has 0 aliphatic rings. The lowest BCUT2D eigenvalue weighted by Gasteiger charge is -2.07. The summed E-state index contributed by atoms with van der Waals surface area (Å²) < 4.78 is 6.80. The number of hydrogen-bond acceptors (Lipinski definition) is 5. The number of aromatic nitrogens is 4. The van der Waals surface area contributed by atoms with Crippen molar-refractivity contribution < 1.29 is 14.3 Å². The number of aromatic amines is 1. The molecule has 2 aromatic heterocycles. The number of H-pyrrole nitrogens is 1. The molecule has 0 bridgehead atoms. The Hall–Kier alpha value is -3.42. The predicted molar refractivity (Wildman–Crippen MR) is 103 cm³/mol. The van der Waals surface area contributed by atoms with Crippen LogP contribution in [0.3, 0.4) is 0 Å². The molecule has 28 heavy (non-hydrogen) atoms. The Morgan fingerprint density at radius 2 is 1.89 bits per heavy atom. The van der Waals surface area contributed by atoms with Crippen molar-refractivity contribution in [3.05, 3.63) is 70.6 Å². The molecule has 0 fully saturated rings. The van der Waals surface area contributed by atoms with Crippen LogP contribution in [0, 0.1) is 13.8 Å². The molecular weight excluding hydrogens is 358 g/mol. The van der Waals surface area contributed by atoms with E-state index in [9.17, 15) is 9.59 Å². The minimum Gasteiger partial charge on any atom is -0.462 e. The van der Waals surface area contributed by atoms with Gasteiger partial charge in [0.15, 0.2) is 0 Å². The van der Waals surface area contributed by atoms with Crippen LogP contribution >= 0.6 is 0 Å². The van der Waals surface area contributed by atoms with Crippen molar-refractivity contribution in [1.82, 2.24) is 25.1 Å². The molecule has 0 saturated carbocycles. The summed E-state index contributed by atoms with van der Waals surface area (Å²) >= 11 is 0. The Labute approximate surface area is 162 Å². The van der Waals surface area contributed by atoms with Crippen molar-refractivity contribution >= 4 is 11.9 Å². The molecule has 0 saturated heterocycles. The largest absolute Gasteiger partial charge is 0.462 e. The van der Waals surface area contributed by atoms with Gasteiger partial charge >= 0.3 is 5.97 Å². The minimum atomic E-state index is -0.421. The number of nitrogens with one attached hydrogen (secondary N) is 2. The van der Waals surface area contributed by atoms with Gasteiger partial charge in [-0.2, -0.15) is 5.10 Å². The highest BCUT2D eigenvalue weighted by atomic mass is 16.5. The summed E-state index contributed by atoms with van der Waals surface area (Å²) in [5, 5.41) is 6.96. The number of nitrogens with zero attached hydrogens (tertiary/aromatic N) is 3. The number of esters is 1. The average molecular weight is 381 g/mol. The fourth-order valence-electron chi connectivity index (χ4n) is 3.02. The second-order valence-corrected chi connectivity index (χ2v) is 6.44. The van der Waals surface area contributed by atoms with Crippen LogP contribution in [0.5, 0.6) is 0 Å². The molecule has 8 heteroatoms. The van der Waals surface area contributed by atoms with Crippen LogP contribution < -0.4 is 5.32 Å². The summed E-state index contributed by atoms with van der Waals surface area (Å²) in [5.41, 5.74) is 4.08. The van der Waals surface area contributed by atoms with Crippen molar-refractivity contribution in [3.63, 3.8) is 0 Å². The van der Waals surface area contributed by atoms with Gasteiger partial charge in [-0.3, -0.25) is 4.79 Å². The normalized spacial score (nSPS) is 10.7. The third kappa shape index (κ3) is 4.28. The van der Waals surface area contributed by atoms with E-state index in [0.717, 1.165) is 11.1 Å². The minimum absolute atomic E-state index is 0.261. The highest BCUT2D eigenvalue weighted by Crippen LogP contribution is 2.19. The first-order valence-corrected chi connectivity index (χ1v) is 9.04. The Kier molecular flexibility index (Phi) is 5.88. The maximum atomic E-state index is 12.6. The molecule has 0 radical (unpaired) electrons. The van der Waals surface area contributed by atoms with Crippen LogP contribution in [0.4, 0.5) is 0 Å². The van der Waals surface area contributed by atoms with Crippen LogP contribution in [-0.2, 0) is 17.8 Å². The molecule has 3 rings (SSSR count). The molecule has 0 spiro atoms. The standard InChI is InChI=1S/C20H23N5O3/c1-4-28-20(27)17-13(2)18(24-14(17)3)19(26)22-9-15-5-7-16(8-6-15)10-25-12-21-11-23-25/h5-8,11-12,24H,4,9-10H2,1-3H3,(H,22,26). The topological polar surface area (TPSA) is 102 Å². The quantitative estimate of drug-likeness (QED) is 0.612. The molecule has 2 N–H and O–H groups in total. The fraction of sp³-hybridized carbons (Fsp3) is 0.300. The van der Waals surface area contributed by atoms with E-state index in [1.165, 1.54) is 6.33 Å². The van der Waals surface area contributed by atoms with Gasteiger partial charge in [-0.15, -0.1) is 0 Å². The Morgan fingerprint density at radius 3 is 2.54 bits per heavy atom. The summed E-state index contributed by atoms with van der Waals surface area (Å²) in [5.74, 6) is -0.682. The van der Waals surface area contributed by atoms with Crippen molar-refractivity contribution in [3.8, 4) is 0 Å². The van der Waals surface area contributed by atoms with Gasteiger partial charge in [-0.05, 0) is 37.5 Å². The number of amides is 1. The molecule has 0 aliphatic carbocycles. The van der Waals surface area contributed by atoms with E-state index in [1.54, 1.807) is 31.8 Å². The zero-order chi connectivity index (χ0) is 20.1. The van der Waals surface area contributed by atoms with Crippen molar-refractivity contribution in [2.45, 2.75) is 33.9 Å². The van der Waals surface area contributed by atoms with E-state index in [4.69, 9.17) is 4.74 Å². The number of benzene rings is 1. The van der Waals surface area contributed by atoms with Gasteiger partial charge in [0, 0.05) is 12.2 Å². The molecule has 8 nitrogen and oxygen atoms in total. The lowest BCUT2D eigenvalue weighted by atomic mass is 10.1.